The fraction of sp³-hybridized carbons (Fsp3) is 1.00. The van der Waals surface area contributed by atoms with Gasteiger partial charge >= 0.3 is 0 Å². The van der Waals surface area contributed by atoms with Crippen LogP contribution in [0.5, 0.6) is 0 Å². The molecule has 5 nitrogen and oxygen atoms in total. The molecule has 0 aliphatic heterocycles. The Bertz CT molecular complexity index is 302. The van der Waals surface area contributed by atoms with Gasteiger partial charge in [-0.2, -0.15) is 29.2 Å². The fourth-order valence-corrected chi connectivity index (χ4v) is 2.96. The van der Waals surface area contributed by atoms with E-state index in [4.69, 9.17) is 0 Å². The maximum atomic E-state index is 11.7. The topological polar surface area (TPSA) is 69.6 Å². The van der Waals surface area contributed by atoms with Gasteiger partial charge in [0.25, 0.3) is 10.2 Å². The summed E-state index contributed by atoms with van der Waals surface area (Å²) in [6.07, 6.45) is 1.86. The molecule has 0 aromatic carbocycles. The maximum Gasteiger partial charge on any atom is 0.279 e. The van der Waals surface area contributed by atoms with E-state index < -0.39 is 15.8 Å². The summed E-state index contributed by atoms with van der Waals surface area (Å²) in [5.41, 5.74) is -1.02. The fourth-order valence-electron chi connectivity index (χ4n) is 0.988. The minimum atomic E-state index is -3.50. The van der Waals surface area contributed by atoms with Gasteiger partial charge in [0.2, 0.25) is 0 Å². The predicted molar refractivity (Wildman–Crippen MR) is 68.8 cm³/mol. The second-order valence-electron chi connectivity index (χ2n) is 4.37. The Morgan fingerprint density at radius 1 is 1.50 bits per heavy atom. The summed E-state index contributed by atoms with van der Waals surface area (Å²) in [5.74, 6) is 0.487. The summed E-state index contributed by atoms with van der Waals surface area (Å²) in [6, 6.07) is -0.108. The molecule has 1 atom stereocenters. The van der Waals surface area contributed by atoms with Gasteiger partial charge in [-0.3, -0.25) is 0 Å². The molecule has 0 aromatic rings. The third-order valence-corrected chi connectivity index (χ3v) is 4.80. The number of hydrogen-bond acceptors (Lipinski definition) is 4. The minimum absolute atomic E-state index is 0.0211. The average molecular weight is 270 g/mol. The van der Waals surface area contributed by atoms with Gasteiger partial charge in [-0.25, -0.2) is 0 Å². The van der Waals surface area contributed by atoms with Crippen LogP contribution in [0.2, 0.25) is 0 Å². The van der Waals surface area contributed by atoms with E-state index in [2.05, 4.69) is 4.72 Å². The molecule has 0 bridgehead atoms. The highest BCUT2D eigenvalue weighted by atomic mass is 32.2. The molecule has 7 heteroatoms. The number of thioether (sulfide) groups is 1. The summed E-state index contributed by atoms with van der Waals surface area (Å²) in [5, 5.41) is 9.83. The number of hydrogen-bond donors (Lipinski definition) is 2. The van der Waals surface area contributed by atoms with Gasteiger partial charge in [0.15, 0.2) is 0 Å². The van der Waals surface area contributed by atoms with Crippen molar-refractivity contribution in [2.24, 2.45) is 0 Å². The lowest BCUT2D eigenvalue weighted by molar-refractivity contribution is 0.0903. The van der Waals surface area contributed by atoms with E-state index in [0.29, 0.717) is 5.75 Å². The van der Waals surface area contributed by atoms with Gasteiger partial charge in [0.1, 0.15) is 0 Å². The lowest BCUT2D eigenvalue weighted by atomic mass is 10.1. The molecule has 16 heavy (non-hydrogen) atoms. The zero-order valence-electron chi connectivity index (χ0n) is 10.5. The van der Waals surface area contributed by atoms with Crippen molar-refractivity contribution in [1.82, 2.24) is 9.03 Å². The Morgan fingerprint density at radius 2 is 2.00 bits per heavy atom. The van der Waals surface area contributed by atoms with Gasteiger partial charge in [-0.05, 0) is 27.0 Å². The largest absolute Gasteiger partial charge is 0.388 e. The van der Waals surface area contributed by atoms with Crippen LogP contribution in [-0.2, 0) is 10.2 Å². The van der Waals surface area contributed by atoms with Crippen molar-refractivity contribution in [2.75, 3.05) is 25.6 Å². The van der Waals surface area contributed by atoms with E-state index in [-0.39, 0.29) is 12.6 Å². The predicted octanol–water partition coefficient (Wildman–Crippen LogP) is 0.275. The van der Waals surface area contributed by atoms with Crippen molar-refractivity contribution in [3.8, 4) is 0 Å². The molecular weight excluding hydrogens is 248 g/mol. The highest BCUT2D eigenvalue weighted by Gasteiger charge is 2.26. The van der Waals surface area contributed by atoms with Crippen molar-refractivity contribution >= 4 is 22.0 Å². The van der Waals surface area contributed by atoms with Crippen molar-refractivity contribution < 1.29 is 13.5 Å². The van der Waals surface area contributed by atoms with E-state index >= 15 is 0 Å². The van der Waals surface area contributed by atoms with Gasteiger partial charge in [0, 0.05) is 25.4 Å². The molecule has 0 amide bonds. The van der Waals surface area contributed by atoms with E-state index in [1.54, 1.807) is 20.8 Å². The lowest BCUT2D eigenvalue weighted by Crippen LogP contribution is -2.48. The van der Waals surface area contributed by atoms with Crippen molar-refractivity contribution in [3.63, 3.8) is 0 Å². The first-order chi connectivity index (χ1) is 7.12. The molecular formula is C9H22N2O3S2. The number of nitrogens with one attached hydrogen (secondary N) is 1. The zero-order valence-corrected chi connectivity index (χ0v) is 12.2. The monoisotopic (exact) mass is 270 g/mol. The first kappa shape index (κ1) is 16.2. The molecule has 0 spiro atoms. The smallest absolute Gasteiger partial charge is 0.279 e. The van der Waals surface area contributed by atoms with Gasteiger partial charge in [-0.1, -0.05) is 0 Å². The molecule has 0 aromatic heterocycles. The zero-order chi connectivity index (χ0) is 13.0. The van der Waals surface area contributed by atoms with Crippen molar-refractivity contribution in [2.45, 2.75) is 32.4 Å². The molecule has 0 heterocycles. The van der Waals surface area contributed by atoms with Crippen LogP contribution in [0, 0.1) is 0 Å². The molecule has 1 unspecified atom stereocenters. The molecule has 0 aliphatic rings. The third-order valence-electron chi connectivity index (χ3n) is 2.20. The molecule has 0 aliphatic carbocycles. The number of rotatable bonds is 7. The highest BCUT2D eigenvalue weighted by Crippen LogP contribution is 2.10. The molecule has 0 saturated carbocycles. The van der Waals surface area contributed by atoms with Crippen LogP contribution in [0.4, 0.5) is 0 Å². The van der Waals surface area contributed by atoms with E-state index in [1.807, 2.05) is 6.26 Å². The lowest BCUT2D eigenvalue weighted by Gasteiger charge is -2.26. The van der Waals surface area contributed by atoms with Gasteiger partial charge in [-0.15, -0.1) is 0 Å². The van der Waals surface area contributed by atoms with Crippen LogP contribution < -0.4 is 4.72 Å². The van der Waals surface area contributed by atoms with E-state index in [9.17, 15) is 13.5 Å². The van der Waals surface area contributed by atoms with Gasteiger partial charge < -0.3 is 5.11 Å². The Morgan fingerprint density at radius 3 is 2.38 bits per heavy atom. The number of aliphatic hydroxyl groups is 1. The summed E-state index contributed by atoms with van der Waals surface area (Å²) < 4.78 is 27.1. The maximum absolute atomic E-state index is 11.7. The molecule has 0 fully saturated rings. The first-order valence-electron chi connectivity index (χ1n) is 5.06. The molecule has 98 valence electrons. The van der Waals surface area contributed by atoms with E-state index in [1.165, 1.54) is 23.1 Å². The average Bonchev–Trinajstić information content (AvgIpc) is 2.14. The minimum Gasteiger partial charge on any atom is -0.388 e. The quantitative estimate of drug-likeness (QED) is 0.697. The molecule has 0 rings (SSSR count). The second-order valence-corrected chi connectivity index (χ2v) is 7.05. The summed E-state index contributed by atoms with van der Waals surface area (Å²) in [6.45, 7) is 5.22. The normalized spacial score (nSPS) is 16.8. The summed E-state index contributed by atoms with van der Waals surface area (Å²) in [7, 11) is -1.99. The summed E-state index contributed by atoms with van der Waals surface area (Å²) in [4.78, 5) is 0. The first-order valence-corrected chi connectivity index (χ1v) is 7.90. The Balaban J connectivity index is 4.40. The summed E-state index contributed by atoms with van der Waals surface area (Å²) >= 11 is 1.48. The number of nitrogens with zero attached hydrogens (tertiary/aromatic N) is 1. The Hall–Kier alpha value is 0.180. The molecule has 0 radical (unpaired) electrons. The molecule has 2 N–H and O–H groups in total. The standard InChI is InChI=1S/C9H22N2O3S2/c1-8(2)11(4)16(13,14)10-6-9(3,12)7-15-5/h8,10,12H,6-7H2,1-5H3. The van der Waals surface area contributed by atoms with Crippen LogP contribution in [0.15, 0.2) is 0 Å². The van der Waals surface area contributed by atoms with Crippen LogP contribution in [0.25, 0.3) is 0 Å². The van der Waals surface area contributed by atoms with Crippen LogP contribution >= 0.6 is 11.8 Å². The van der Waals surface area contributed by atoms with Crippen molar-refractivity contribution in [1.29, 1.82) is 0 Å². The highest BCUT2D eigenvalue weighted by molar-refractivity contribution is 7.98. The SMILES string of the molecule is CSCC(C)(O)CNS(=O)(=O)N(C)C(C)C. The van der Waals surface area contributed by atoms with Crippen LogP contribution in [0.3, 0.4) is 0 Å². The second kappa shape index (κ2) is 6.20. The van der Waals surface area contributed by atoms with Gasteiger partial charge in [0.05, 0.1) is 5.60 Å². The Kier molecular flexibility index (Phi) is 6.27. The third kappa shape index (κ3) is 5.49. The van der Waals surface area contributed by atoms with Crippen LogP contribution in [-0.4, -0.2) is 55.1 Å². The molecule has 0 saturated heterocycles. The Labute approximate surface area is 103 Å². The van der Waals surface area contributed by atoms with Crippen LogP contribution in [0.1, 0.15) is 20.8 Å². The van der Waals surface area contributed by atoms with Crippen molar-refractivity contribution in [3.05, 3.63) is 0 Å². The van der Waals surface area contributed by atoms with E-state index in [0.717, 1.165) is 0 Å².